The summed E-state index contributed by atoms with van der Waals surface area (Å²) in [5.74, 6) is 0.872. The molecule has 1 aromatic carbocycles. The second-order valence-corrected chi connectivity index (χ2v) is 7.23. The van der Waals surface area contributed by atoms with E-state index in [-0.39, 0.29) is 17.4 Å². The van der Waals surface area contributed by atoms with Gasteiger partial charge in [-0.25, -0.2) is 9.97 Å². The van der Waals surface area contributed by atoms with E-state index in [0.29, 0.717) is 25.6 Å². The second-order valence-electron chi connectivity index (χ2n) is 7.23. The molecule has 2 aliphatic rings. The van der Waals surface area contributed by atoms with Gasteiger partial charge in [0.15, 0.2) is 0 Å². The molecule has 6 heteroatoms. The first-order valence-electron chi connectivity index (χ1n) is 9.07. The molecule has 26 heavy (non-hydrogen) atoms. The number of morpholine rings is 1. The predicted molar refractivity (Wildman–Crippen MR) is 99.0 cm³/mol. The molecule has 2 fully saturated rings. The van der Waals surface area contributed by atoms with E-state index in [4.69, 9.17) is 4.74 Å². The van der Waals surface area contributed by atoms with Crippen molar-refractivity contribution >= 4 is 11.9 Å². The van der Waals surface area contributed by atoms with Crippen LogP contribution in [-0.4, -0.2) is 54.6 Å². The van der Waals surface area contributed by atoms with Gasteiger partial charge in [-0.2, -0.15) is 0 Å². The maximum Gasteiger partial charge on any atom is 0.233 e. The number of hydrogen-bond donors (Lipinski definition) is 0. The number of anilines is 1. The van der Waals surface area contributed by atoms with E-state index in [0.717, 1.165) is 24.1 Å². The van der Waals surface area contributed by atoms with Crippen molar-refractivity contribution in [3.8, 4) is 0 Å². The van der Waals surface area contributed by atoms with E-state index >= 15 is 0 Å². The summed E-state index contributed by atoms with van der Waals surface area (Å²) in [4.78, 5) is 25.9. The third-order valence-corrected chi connectivity index (χ3v) is 5.23. The van der Waals surface area contributed by atoms with Gasteiger partial charge in [-0.15, -0.1) is 0 Å². The highest BCUT2D eigenvalue weighted by molar-refractivity contribution is 5.91. The zero-order valence-electron chi connectivity index (χ0n) is 15.3. The van der Waals surface area contributed by atoms with E-state index in [1.165, 1.54) is 0 Å². The topological polar surface area (TPSA) is 58.6 Å². The Morgan fingerprint density at radius 1 is 1.23 bits per heavy atom. The van der Waals surface area contributed by atoms with Crippen molar-refractivity contribution in [2.75, 3.05) is 38.7 Å². The van der Waals surface area contributed by atoms with Gasteiger partial charge < -0.3 is 14.5 Å². The molecular formula is C20H24N4O2. The third kappa shape index (κ3) is 3.05. The minimum absolute atomic E-state index is 0.207. The number of benzene rings is 1. The number of carbonyl (C=O) groups excluding carboxylic acids is 1. The van der Waals surface area contributed by atoms with E-state index in [1.54, 1.807) is 6.20 Å². The normalized spacial score (nSPS) is 21.3. The van der Waals surface area contributed by atoms with E-state index in [9.17, 15) is 4.79 Å². The molecule has 6 nitrogen and oxygen atoms in total. The Hall–Kier alpha value is -2.47. The zero-order valence-corrected chi connectivity index (χ0v) is 15.3. The summed E-state index contributed by atoms with van der Waals surface area (Å²) in [6.45, 7) is 1.70. The number of nitrogens with zero attached hydrogens (tertiary/aromatic N) is 4. The number of aromatic nitrogens is 2. The predicted octanol–water partition coefficient (Wildman–Crippen LogP) is 2.17. The minimum Gasteiger partial charge on any atom is -0.368 e. The van der Waals surface area contributed by atoms with Crippen LogP contribution in [0.25, 0.3) is 0 Å². The van der Waals surface area contributed by atoms with Gasteiger partial charge in [0.05, 0.1) is 24.3 Å². The fourth-order valence-electron chi connectivity index (χ4n) is 3.58. The van der Waals surface area contributed by atoms with Crippen LogP contribution in [0.5, 0.6) is 0 Å². The highest BCUT2D eigenvalue weighted by atomic mass is 16.5. The lowest BCUT2D eigenvalue weighted by atomic mass is 9.94. The Balaban J connectivity index is 1.52. The summed E-state index contributed by atoms with van der Waals surface area (Å²) >= 11 is 0. The molecule has 4 rings (SSSR count). The van der Waals surface area contributed by atoms with Crippen LogP contribution in [0.1, 0.15) is 30.2 Å². The largest absolute Gasteiger partial charge is 0.368 e. The molecule has 1 saturated carbocycles. The smallest absolute Gasteiger partial charge is 0.233 e. The van der Waals surface area contributed by atoms with Gasteiger partial charge >= 0.3 is 0 Å². The molecule has 1 aliphatic carbocycles. The van der Waals surface area contributed by atoms with Crippen LogP contribution in [0, 0.1) is 0 Å². The molecule has 1 unspecified atom stereocenters. The van der Waals surface area contributed by atoms with Gasteiger partial charge in [-0.1, -0.05) is 30.3 Å². The SMILES string of the molecule is CN(C)c1nccc(C2CN(C(=O)C3(c4ccccc4)CC3)CCO2)n1. The molecule has 0 N–H and O–H groups in total. The summed E-state index contributed by atoms with van der Waals surface area (Å²) in [5.41, 5.74) is 1.62. The van der Waals surface area contributed by atoms with Crippen LogP contribution >= 0.6 is 0 Å². The maximum absolute atomic E-state index is 13.3. The number of hydrogen-bond acceptors (Lipinski definition) is 5. The molecule has 0 spiro atoms. The molecule has 2 heterocycles. The fourth-order valence-corrected chi connectivity index (χ4v) is 3.58. The lowest BCUT2D eigenvalue weighted by Gasteiger charge is -2.35. The number of rotatable bonds is 4. The van der Waals surface area contributed by atoms with Crippen molar-refractivity contribution in [1.29, 1.82) is 0 Å². The van der Waals surface area contributed by atoms with E-state index < -0.39 is 0 Å². The molecule has 0 bridgehead atoms. The Labute approximate surface area is 153 Å². The third-order valence-electron chi connectivity index (χ3n) is 5.23. The molecule has 1 atom stereocenters. The van der Waals surface area contributed by atoms with Crippen LogP contribution in [0.4, 0.5) is 5.95 Å². The number of ether oxygens (including phenoxy) is 1. The molecule has 1 aliphatic heterocycles. The Kier molecular flexibility index (Phi) is 4.36. The lowest BCUT2D eigenvalue weighted by Crippen LogP contribution is -2.47. The van der Waals surface area contributed by atoms with E-state index in [2.05, 4.69) is 22.1 Å². The van der Waals surface area contributed by atoms with Gasteiger partial charge in [0.25, 0.3) is 0 Å². The summed E-state index contributed by atoms with van der Waals surface area (Å²) in [7, 11) is 3.82. The second kappa shape index (κ2) is 6.68. The summed E-state index contributed by atoms with van der Waals surface area (Å²) in [5, 5.41) is 0. The van der Waals surface area contributed by atoms with Crippen molar-refractivity contribution in [3.05, 3.63) is 53.9 Å². The molecule has 1 saturated heterocycles. The first-order valence-corrected chi connectivity index (χ1v) is 9.07. The first-order chi connectivity index (χ1) is 12.6. The van der Waals surface area contributed by atoms with Gasteiger partial charge in [-0.3, -0.25) is 4.79 Å². The Bertz CT molecular complexity index is 789. The number of carbonyl (C=O) groups is 1. The average Bonchev–Trinajstić information content (AvgIpc) is 3.50. The van der Waals surface area contributed by atoms with Crippen LogP contribution in [0.15, 0.2) is 42.6 Å². The van der Waals surface area contributed by atoms with Crippen LogP contribution in [-0.2, 0) is 14.9 Å². The molecule has 2 aromatic rings. The highest BCUT2D eigenvalue weighted by Gasteiger charge is 2.53. The zero-order chi connectivity index (χ0) is 18.1. The van der Waals surface area contributed by atoms with Crippen molar-refractivity contribution < 1.29 is 9.53 Å². The van der Waals surface area contributed by atoms with Crippen LogP contribution in [0.2, 0.25) is 0 Å². The number of amides is 1. The van der Waals surface area contributed by atoms with Gasteiger partial charge in [0.2, 0.25) is 11.9 Å². The Morgan fingerprint density at radius 3 is 2.69 bits per heavy atom. The first kappa shape index (κ1) is 17.0. The monoisotopic (exact) mass is 352 g/mol. The lowest BCUT2D eigenvalue weighted by molar-refractivity contribution is -0.142. The van der Waals surface area contributed by atoms with Crippen molar-refractivity contribution in [1.82, 2.24) is 14.9 Å². The summed E-state index contributed by atoms with van der Waals surface area (Å²) < 4.78 is 5.92. The van der Waals surface area contributed by atoms with Crippen molar-refractivity contribution in [2.45, 2.75) is 24.4 Å². The molecule has 0 radical (unpaired) electrons. The maximum atomic E-state index is 13.3. The molecular weight excluding hydrogens is 328 g/mol. The average molecular weight is 352 g/mol. The minimum atomic E-state index is -0.330. The van der Waals surface area contributed by atoms with Crippen molar-refractivity contribution in [3.63, 3.8) is 0 Å². The van der Waals surface area contributed by atoms with Gasteiger partial charge in [0.1, 0.15) is 6.10 Å². The van der Waals surface area contributed by atoms with Crippen molar-refractivity contribution in [2.24, 2.45) is 0 Å². The molecule has 1 aromatic heterocycles. The summed E-state index contributed by atoms with van der Waals surface area (Å²) in [6.07, 6.45) is 3.39. The quantitative estimate of drug-likeness (QED) is 0.844. The molecule has 136 valence electrons. The molecule has 1 amide bonds. The standard InChI is InChI=1S/C20H24N4O2/c1-23(2)19-21-11-8-16(22-19)17-14-24(12-13-26-17)18(25)20(9-10-20)15-6-4-3-5-7-15/h3-8,11,17H,9-10,12-14H2,1-2H3. The highest BCUT2D eigenvalue weighted by Crippen LogP contribution is 2.49. The van der Waals surface area contributed by atoms with Gasteiger partial charge in [0, 0.05) is 26.8 Å². The van der Waals surface area contributed by atoms with Crippen LogP contribution in [0.3, 0.4) is 0 Å². The fraction of sp³-hybridized carbons (Fsp3) is 0.450. The van der Waals surface area contributed by atoms with Crippen LogP contribution < -0.4 is 4.90 Å². The summed E-state index contributed by atoms with van der Waals surface area (Å²) in [6, 6.07) is 12.0. The van der Waals surface area contributed by atoms with E-state index in [1.807, 2.05) is 48.2 Å². The Morgan fingerprint density at radius 2 is 2.00 bits per heavy atom. The van der Waals surface area contributed by atoms with Gasteiger partial charge in [-0.05, 0) is 24.5 Å².